The zero-order valence-electron chi connectivity index (χ0n) is 11.9. The lowest BCUT2D eigenvalue weighted by molar-refractivity contribution is 0.0686. The lowest BCUT2D eigenvalue weighted by atomic mass is 9.92. The van der Waals surface area contributed by atoms with E-state index in [0.29, 0.717) is 0 Å². The van der Waals surface area contributed by atoms with Gasteiger partial charge in [-0.2, -0.15) is 0 Å². The number of likely N-dealkylation sites (tertiary alicyclic amines) is 1. The van der Waals surface area contributed by atoms with Crippen LogP contribution < -0.4 is 5.32 Å². The van der Waals surface area contributed by atoms with Crippen molar-refractivity contribution in [1.82, 2.24) is 9.88 Å². The number of carbonyl (C=O) groups is 1. The van der Waals surface area contributed by atoms with Gasteiger partial charge in [0, 0.05) is 31.9 Å². The van der Waals surface area contributed by atoms with E-state index in [9.17, 15) is 4.79 Å². The summed E-state index contributed by atoms with van der Waals surface area (Å²) in [5.41, 5.74) is 0.730. The molecule has 1 aromatic rings. The Balaban J connectivity index is 1.97. The molecule has 1 fully saturated rings. The molecule has 4 nitrogen and oxygen atoms in total. The van der Waals surface area contributed by atoms with Gasteiger partial charge in [-0.3, -0.25) is 4.79 Å². The molecule has 4 heteroatoms. The van der Waals surface area contributed by atoms with Crippen LogP contribution in [0.2, 0.25) is 0 Å². The molecule has 2 heterocycles. The minimum atomic E-state index is 0.133. The Labute approximate surface area is 115 Å². The van der Waals surface area contributed by atoms with E-state index >= 15 is 0 Å². The van der Waals surface area contributed by atoms with Crippen LogP contribution in [0.3, 0.4) is 0 Å². The summed E-state index contributed by atoms with van der Waals surface area (Å²) in [5.74, 6) is 1.68. The van der Waals surface area contributed by atoms with Crippen LogP contribution in [0.4, 0.5) is 5.82 Å². The van der Waals surface area contributed by atoms with Gasteiger partial charge in [0.1, 0.15) is 5.82 Å². The summed E-state index contributed by atoms with van der Waals surface area (Å²) in [6.07, 6.45) is 6.51. The Kier molecular flexibility index (Phi) is 4.77. The van der Waals surface area contributed by atoms with Gasteiger partial charge in [0.15, 0.2) is 0 Å². The summed E-state index contributed by atoms with van der Waals surface area (Å²) in [7, 11) is 1.81. The molecule has 0 aromatic carbocycles. The predicted molar refractivity (Wildman–Crippen MR) is 77.3 cm³/mol. The van der Waals surface area contributed by atoms with Crippen LogP contribution in [0.5, 0.6) is 0 Å². The molecular formula is C15H23N3O. The first-order valence-corrected chi connectivity index (χ1v) is 7.17. The Morgan fingerprint density at radius 1 is 1.47 bits per heavy atom. The Bertz CT molecular complexity index is 425. The third-order valence-electron chi connectivity index (χ3n) is 3.86. The first kappa shape index (κ1) is 13.8. The molecule has 0 aliphatic carbocycles. The van der Waals surface area contributed by atoms with E-state index in [1.165, 1.54) is 12.8 Å². The van der Waals surface area contributed by atoms with Crippen LogP contribution in [0.15, 0.2) is 18.3 Å². The van der Waals surface area contributed by atoms with Crippen molar-refractivity contribution in [3.63, 3.8) is 0 Å². The Hall–Kier alpha value is -1.58. The van der Waals surface area contributed by atoms with Gasteiger partial charge < -0.3 is 10.2 Å². The highest BCUT2D eigenvalue weighted by atomic mass is 16.2. The van der Waals surface area contributed by atoms with Crippen molar-refractivity contribution in [2.24, 2.45) is 5.92 Å². The van der Waals surface area contributed by atoms with E-state index in [0.717, 1.165) is 43.2 Å². The fraction of sp³-hybridized carbons (Fsp3) is 0.600. The molecule has 1 amide bonds. The lowest BCUT2D eigenvalue weighted by Gasteiger charge is -2.32. The summed E-state index contributed by atoms with van der Waals surface area (Å²) in [5, 5.41) is 2.97. The number of rotatable bonds is 4. The largest absolute Gasteiger partial charge is 0.373 e. The van der Waals surface area contributed by atoms with E-state index in [1.807, 2.05) is 18.0 Å². The summed E-state index contributed by atoms with van der Waals surface area (Å²) >= 11 is 0. The lowest BCUT2D eigenvalue weighted by Crippen LogP contribution is -2.38. The SMILES string of the molecule is CCCC1CCN(C(=O)c2ccnc(NC)c2)CC1. The smallest absolute Gasteiger partial charge is 0.254 e. The first-order chi connectivity index (χ1) is 9.24. The number of amides is 1. The fourth-order valence-corrected chi connectivity index (χ4v) is 2.72. The summed E-state index contributed by atoms with van der Waals surface area (Å²) in [4.78, 5) is 18.5. The topological polar surface area (TPSA) is 45.2 Å². The molecule has 19 heavy (non-hydrogen) atoms. The average Bonchev–Trinajstić information content (AvgIpc) is 2.48. The highest BCUT2D eigenvalue weighted by Crippen LogP contribution is 2.23. The standard InChI is InChI=1S/C15H23N3O/c1-3-4-12-6-9-18(10-7-12)15(19)13-5-8-17-14(11-13)16-2/h5,8,11-12H,3-4,6-7,9-10H2,1-2H3,(H,16,17). The van der Waals surface area contributed by atoms with Crippen molar-refractivity contribution < 1.29 is 4.79 Å². The highest BCUT2D eigenvalue weighted by Gasteiger charge is 2.23. The summed E-state index contributed by atoms with van der Waals surface area (Å²) < 4.78 is 0. The van der Waals surface area contributed by atoms with Crippen LogP contribution in [-0.2, 0) is 0 Å². The van der Waals surface area contributed by atoms with Gasteiger partial charge in [-0.1, -0.05) is 19.8 Å². The van der Waals surface area contributed by atoms with Gasteiger partial charge in [0.25, 0.3) is 5.91 Å². The zero-order valence-corrected chi connectivity index (χ0v) is 11.9. The van der Waals surface area contributed by atoms with Crippen LogP contribution >= 0.6 is 0 Å². The van der Waals surface area contributed by atoms with Crippen molar-refractivity contribution >= 4 is 11.7 Å². The predicted octanol–water partition coefficient (Wildman–Crippen LogP) is 2.78. The number of hydrogen-bond donors (Lipinski definition) is 1. The second kappa shape index (κ2) is 6.55. The van der Waals surface area contributed by atoms with Crippen molar-refractivity contribution in [3.05, 3.63) is 23.9 Å². The number of hydrogen-bond acceptors (Lipinski definition) is 3. The zero-order chi connectivity index (χ0) is 13.7. The van der Waals surface area contributed by atoms with Crippen molar-refractivity contribution in [2.45, 2.75) is 32.6 Å². The fourth-order valence-electron chi connectivity index (χ4n) is 2.72. The second-order valence-electron chi connectivity index (χ2n) is 5.20. The molecule has 0 unspecified atom stereocenters. The third kappa shape index (κ3) is 3.46. The molecule has 1 saturated heterocycles. The molecule has 2 rings (SSSR count). The maximum atomic E-state index is 12.4. The number of anilines is 1. The van der Waals surface area contributed by atoms with E-state index in [-0.39, 0.29) is 5.91 Å². The van der Waals surface area contributed by atoms with Crippen LogP contribution in [0.1, 0.15) is 43.0 Å². The van der Waals surface area contributed by atoms with Crippen LogP contribution in [0.25, 0.3) is 0 Å². The van der Waals surface area contributed by atoms with Crippen LogP contribution in [0, 0.1) is 5.92 Å². The number of carbonyl (C=O) groups excluding carboxylic acids is 1. The maximum Gasteiger partial charge on any atom is 0.254 e. The van der Waals surface area contributed by atoms with Crippen molar-refractivity contribution in [3.8, 4) is 0 Å². The quantitative estimate of drug-likeness (QED) is 0.906. The molecule has 0 radical (unpaired) electrons. The highest BCUT2D eigenvalue weighted by molar-refractivity contribution is 5.94. The van der Waals surface area contributed by atoms with Gasteiger partial charge in [-0.25, -0.2) is 4.98 Å². The molecule has 1 aliphatic rings. The molecular weight excluding hydrogens is 238 g/mol. The molecule has 104 valence electrons. The molecule has 0 spiro atoms. The van der Waals surface area contributed by atoms with Crippen molar-refractivity contribution in [2.75, 3.05) is 25.5 Å². The second-order valence-corrected chi connectivity index (χ2v) is 5.20. The molecule has 0 saturated carbocycles. The molecule has 1 aromatic heterocycles. The molecule has 1 N–H and O–H groups in total. The molecule has 0 atom stereocenters. The Morgan fingerprint density at radius 3 is 2.84 bits per heavy atom. The number of piperidine rings is 1. The molecule has 0 bridgehead atoms. The number of nitrogens with one attached hydrogen (secondary N) is 1. The third-order valence-corrected chi connectivity index (χ3v) is 3.86. The number of nitrogens with zero attached hydrogens (tertiary/aromatic N) is 2. The summed E-state index contributed by atoms with van der Waals surface area (Å²) in [6, 6.07) is 3.61. The van der Waals surface area contributed by atoms with Gasteiger partial charge >= 0.3 is 0 Å². The monoisotopic (exact) mass is 261 g/mol. The average molecular weight is 261 g/mol. The normalized spacial score (nSPS) is 16.4. The van der Waals surface area contributed by atoms with Gasteiger partial charge in [0.05, 0.1) is 0 Å². The van der Waals surface area contributed by atoms with Crippen molar-refractivity contribution in [1.29, 1.82) is 0 Å². The minimum Gasteiger partial charge on any atom is -0.373 e. The number of pyridine rings is 1. The van der Waals surface area contributed by atoms with E-state index in [2.05, 4.69) is 17.2 Å². The summed E-state index contributed by atoms with van der Waals surface area (Å²) in [6.45, 7) is 4.01. The van der Waals surface area contributed by atoms with Gasteiger partial charge in [-0.15, -0.1) is 0 Å². The van der Waals surface area contributed by atoms with E-state index < -0.39 is 0 Å². The minimum absolute atomic E-state index is 0.133. The number of aromatic nitrogens is 1. The van der Waals surface area contributed by atoms with Gasteiger partial charge in [0.2, 0.25) is 0 Å². The molecule has 1 aliphatic heterocycles. The maximum absolute atomic E-state index is 12.4. The van der Waals surface area contributed by atoms with Gasteiger partial charge in [-0.05, 0) is 30.9 Å². The van der Waals surface area contributed by atoms with Crippen LogP contribution in [-0.4, -0.2) is 35.9 Å². The van der Waals surface area contributed by atoms with E-state index in [1.54, 1.807) is 12.3 Å². The Morgan fingerprint density at radius 2 is 2.21 bits per heavy atom. The first-order valence-electron chi connectivity index (χ1n) is 7.17. The van der Waals surface area contributed by atoms with E-state index in [4.69, 9.17) is 0 Å².